The van der Waals surface area contributed by atoms with Gasteiger partial charge in [-0.15, -0.1) is 0 Å². The van der Waals surface area contributed by atoms with Crippen LogP contribution < -0.4 is 10.2 Å². The second-order valence-electron chi connectivity index (χ2n) is 3.18. The monoisotopic (exact) mass is 285 g/mol. The van der Waals surface area contributed by atoms with E-state index in [1.807, 2.05) is 0 Å². The Bertz CT molecular complexity index is 360. The van der Waals surface area contributed by atoms with Crippen LogP contribution in [-0.2, 0) is 28.8 Å². The average Bonchev–Trinajstić information content (AvgIpc) is 2.16. The molecule has 0 aromatic carbocycles. The van der Waals surface area contributed by atoms with Gasteiger partial charge in [-0.3, -0.25) is 19.2 Å². The van der Waals surface area contributed by atoms with Gasteiger partial charge in [-0.25, -0.2) is 0 Å². The molecule has 0 unspecified atom stereocenters. The molecule has 0 heterocycles. The van der Waals surface area contributed by atoms with Crippen LogP contribution in [0.2, 0.25) is 0 Å². The van der Waals surface area contributed by atoms with E-state index < -0.39 is 47.9 Å². The average molecular weight is 285 g/mol. The molecule has 19 heavy (non-hydrogen) atoms. The van der Waals surface area contributed by atoms with E-state index in [1.54, 1.807) is 0 Å². The molecular formula is C10H10AlO8. The van der Waals surface area contributed by atoms with Gasteiger partial charge < -0.3 is 19.8 Å². The summed E-state index contributed by atoms with van der Waals surface area (Å²) in [4.78, 5) is 59.5. The second-order valence-corrected chi connectivity index (χ2v) is 3.18. The molecular weight excluding hydrogens is 275 g/mol. The summed E-state index contributed by atoms with van der Waals surface area (Å²) >= 11 is 0. The molecule has 0 aliphatic heterocycles. The number of rotatable bonds is 6. The number of hydrogen-bond acceptors (Lipinski definition) is 8. The van der Waals surface area contributed by atoms with Crippen LogP contribution in [0.15, 0.2) is 0 Å². The summed E-state index contributed by atoms with van der Waals surface area (Å²) in [6.45, 7) is 2.28. The summed E-state index contributed by atoms with van der Waals surface area (Å²) in [5.41, 5.74) is 0. The van der Waals surface area contributed by atoms with E-state index in [1.165, 1.54) is 0 Å². The molecule has 0 aliphatic rings. The maximum atomic E-state index is 10.1. The first-order chi connectivity index (χ1) is 8.07. The molecule has 0 fully saturated rings. The van der Waals surface area contributed by atoms with Gasteiger partial charge in [-0.1, -0.05) is 0 Å². The van der Waals surface area contributed by atoms with Crippen molar-refractivity contribution in [3.05, 3.63) is 0 Å². The third kappa shape index (κ3) is 16.2. The third-order valence-electron chi connectivity index (χ3n) is 1.27. The Balaban J connectivity index is -0.000000256. The van der Waals surface area contributed by atoms with Gasteiger partial charge in [-0.05, 0) is 13.8 Å². The van der Waals surface area contributed by atoms with Gasteiger partial charge >= 0.3 is 17.4 Å². The molecule has 101 valence electrons. The van der Waals surface area contributed by atoms with E-state index in [0.717, 1.165) is 13.8 Å². The summed E-state index contributed by atoms with van der Waals surface area (Å²) in [7, 11) is 0. The Labute approximate surface area is 118 Å². The molecule has 0 bridgehead atoms. The fourth-order valence-corrected chi connectivity index (χ4v) is 0.597. The fraction of sp³-hybridized carbons (Fsp3) is 0.400. The van der Waals surface area contributed by atoms with Gasteiger partial charge in [0, 0.05) is 0 Å². The Morgan fingerprint density at radius 2 is 0.895 bits per heavy atom. The number of aliphatic carboxylic acids is 2. The maximum Gasteiger partial charge on any atom is 2.00 e. The minimum Gasteiger partial charge on any atom is -0.542 e. The van der Waals surface area contributed by atoms with Crippen molar-refractivity contribution in [3.63, 3.8) is 0 Å². The summed E-state index contributed by atoms with van der Waals surface area (Å²) < 4.78 is 0. The fourth-order valence-electron chi connectivity index (χ4n) is 0.597. The molecule has 1 radical (unpaired) electrons. The molecule has 0 saturated heterocycles. The Kier molecular flexibility index (Phi) is 13.2. The van der Waals surface area contributed by atoms with E-state index in [2.05, 4.69) is 0 Å². The molecule has 0 rings (SSSR count). The van der Waals surface area contributed by atoms with Gasteiger partial charge in [0.25, 0.3) is 0 Å². The number of carboxylic acid groups (broad SMARTS) is 2. The van der Waals surface area contributed by atoms with Crippen molar-refractivity contribution in [1.29, 1.82) is 0 Å². The van der Waals surface area contributed by atoms with Gasteiger partial charge in [-0.2, -0.15) is 0 Å². The van der Waals surface area contributed by atoms with E-state index in [0.29, 0.717) is 0 Å². The van der Waals surface area contributed by atoms with E-state index in [4.69, 9.17) is 0 Å². The van der Waals surface area contributed by atoms with Crippen molar-refractivity contribution < 1.29 is 39.0 Å². The molecule has 0 amide bonds. The first-order valence-electron chi connectivity index (χ1n) is 4.55. The number of Topliss-reactive ketones (excluding diaryl/α,β-unsaturated/α-hetero) is 4. The molecule has 0 atom stereocenters. The van der Waals surface area contributed by atoms with Crippen molar-refractivity contribution >= 4 is 52.4 Å². The van der Waals surface area contributed by atoms with Crippen molar-refractivity contribution in [2.45, 2.75) is 26.7 Å². The Morgan fingerprint density at radius 1 is 0.684 bits per heavy atom. The number of carbonyl (C=O) groups is 6. The van der Waals surface area contributed by atoms with Crippen LogP contribution in [0, 0.1) is 0 Å². The molecule has 0 aromatic heterocycles. The van der Waals surface area contributed by atoms with E-state index >= 15 is 0 Å². The van der Waals surface area contributed by atoms with Crippen molar-refractivity contribution in [1.82, 2.24) is 0 Å². The van der Waals surface area contributed by atoms with Crippen LogP contribution in [0.1, 0.15) is 26.7 Å². The summed E-state index contributed by atoms with van der Waals surface area (Å²) in [5.74, 6) is -6.87. The van der Waals surface area contributed by atoms with Crippen LogP contribution in [-0.4, -0.2) is 52.4 Å². The van der Waals surface area contributed by atoms with Crippen LogP contribution in [0.5, 0.6) is 0 Å². The predicted molar refractivity (Wildman–Crippen MR) is 56.4 cm³/mol. The molecule has 8 nitrogen and oxygen atoms in total. The zero-order chi connectivity index (χ0) is 14.9. The van der Waals surface area contributed by atoms with Crippen LogP contribution in [0.4, 0.5) is 0 Å². The van der Waals surface area contributed by atoms with E-state index in [9.17, 15) is 39.0 Å². The minimum absolute atomic E-state index is 0. The van der Waals surface area contributed by atoms with Gasteiger partial charge in [0.05, 0.1) is 12.8 Å². The van der Waals surface area contributed by atoms with Crippen LogP contribution in [0.25, 0.3) is 0 Å². The van der Waals surface area contributed by atoms with Gasteiger partial charge in [0.1, 0.15) is 23.5 Å². The largest absolute Gasteiger partial charge is 2.00 e. The smallest absolute Gasteiger partial charge is 0.542 e. The SMILES string of the molecule is CC(=O)CC(=O)C(=O)[O-].CC(=O)CC(=O)C(=O)[O-].[Al+2]. The first kappa shape index (κ1) is 22.3. The molecule has 0 aromatic rings. The van der Waals surface area contributed by atoms with Gasteiger partial charge in [0.2, 0.25) is 0 Å². The standard InChI is InChI=1S/2C5H6O4.Al/c2*1-3(6)2-4(7)5(8)9;/h2*2H2,1H3,(H,8,9);/q;;+2/p-2. The molecule has 9 heteroatoms. The second kappa shape index (κ2) is 11.3. The molecule has 0 aliphatic carbocycles. The molecule has 0 N–H and O–H groups in total. The van der Waals surface area contributed by atoms with Gasteiger partial charge in [0.15, 0.2) is 11.6 Å². The summed E-state index contributed by atoms with van der Waals surface area (Å²) in [6.07, 6.45) is -1.13. The van der Waals surface area contributed by atoms with Crippen LogP contribution >= 0.6 is 0 Å². The third-order valence-corrected chi connectivity index (χ3v) is 1.27. The van der Waals surface area contributed by atoms with Crippen molar-refractivity contribution in [2.75, 3.05) is 0 Å². The Hall–Kier alpha value is -1.85. The summed E-state index contributed by atoms with van der Waals surface area (Å²) in [6, 6.07) is 0. The topological polar surface area (TPSA) is 149 Å². The predicted octanol–water partition coefficient (Wildman–Crippen LogP) is -3.81. The first-order valence-corrected chi connectivity index (χ1v) is 4.55. The van der Waals surface area contributed by atoms with Crippen molar-refractivity contribution in [2.24, 2.45) is 0 Å². The Morgan fingerprint density at radius 3 is 0.947 bits per heavy atom. The number of hydrogen-bond donors (Lipinski definition) is 0. The zero-order valence-electron chi connectivity index (χ0n) is 10.3. The zero-order valence-corrected chi connectivity index (χ0v) is 11.4. The quantitative estimate of drug-likeness (QED) is 0.274. The molecule has 0 spiro atoms. The number of carbonyl (C=O) groups excluding carboxylic acids is 6. The van der Waals surface area contributed by atoms with Crippen molar-refractivity contribution in [3.8, 4) is 0 Å². The van der Waals surface area contributed by atoms with E-state index in [-0.39, 0.29) is 17.4 Å². The number of carboxylic acids is 2. The normalized spacial score (nSPS) is 8.11. The molecule has 0 saturated carbocycles. The van der Waals surface area contributed by atoms with Crippen LogP contribution in [0.3, 0.4) is 0 Å². The maximum absolute atomic E-state index is 10.1. The minimum atomic E-state index is -1.80. The summed E-state index contributed by atoms with van der Waals surface area (Å²) in [5, 5.41) is 19.2. The number of ketones is 4.